The Labute approximate surface area is 249 Å². The third kappa shape index (κ3) is 5.01. The number of hydrogen-bond acceptors (Lipinski definition) is 5. The van der Waals surface area contributed by atoms with Crippen LogP contribution in [0.15, 0.2) is 40.9 Å². The number of amides is 1. The quantitative estimate of drug-likeness (QED) is 0.271. The summed E-state index contributed by atoms with van der Waals surface area (Å²) in [6.07, 6.45) is 14.6. The number of rotatable bonds is 9. The van der Waals surface area contributed by atoms with Gasteiger partial charge in [0.15, 0.2) is 5.76 Å². The molecule has 9 rings (SSSR count). The molecule has 222 valence electrons. The molecule has 3 aromatic rings. The van der Waals surface area contributed by atoms with Gasteiger partial charge in [-0.25, -0.2) is 0 Å². The molecule has 3 heterocycles. The van der Waals surface area contributed by atoms with Crippen LogP contribution in [0.2, 0.25) is 0 Å². The first-order valence-corrected chi connectivity index (χ1v) is 16.5. The standard InChI is InChI=1S/C35H44N4O3/c1-38-32(22-29(36-38)25-5-6-25)35-14-11-34(12-15-35,13-16-35)23-39(33(40)19-24-9-17-41-18-10-24)28-4-2-3-27(20-28)31-21-30(37-42-31)26-7-8-26/h2-4,20-22,24-26H,5-19,23H2,1H3. The van der Waals surface area contributed by atoms with Crippen molar-refractivity contribution >= 4 is 11.6 Å². The van der Waals surface area contributed by atoms with Gasteiger partial charge in [-0.2, -0.15) is 5.10 Å². The summed E-state index contributed by atoms with van der Waals surface area (Å²) >= 11 is 0. The summed E-state index contributed by atoms with van der Waals surface area (Å²) in [7, 11) is 2.15. The van der Waals surface area contributed by atoms with Gasteiger partial charge in [0, 0.05) is 73.5 Å². The van der Waals surface area contributed by atoms with Gasteiger partial charge in [-0.1, -0.05) is 17.3 Å². The number of carbonyl (C=O) groups excluding carboxylic acids is 1. The zero-order chi connectivity index (χ0) is 28.3. The molecule has 6 aliphatic rings. The molecule has 1 aliphatic heterocycles. The molecule has 0 N–H and O–H groups in total. The van der Waals surface area contributed by atoms with E-state index >= 15 is 0 Å². The first kappa shape index (κ1) is 26.7. The second-order valence-electron chi connectivity index (χ2n) is 14.3. The van der Waals surface area contributed by atoms with E-state index in [0.717, 1.165) is 55.3 Å². The molecule has 6 fully saturated rings. The van der Waals surface area contributed by atoms with Crippen LogP contribution >= 0.6 is 0 Å². The Morgan fingerprint density at radius 2 is 1.64 bits per heavy atom. The van der Waals surface area contributed by atoms with Gasteiger partial charge in [0.25, 0.3) is 0 Å². The fraction of sp³-hybridized carbons (Fsp3) is 0.629. The molecule has 0 unspecified atom stereocenters. The highest BCUT2D eigenvalue weighted by Crippen LogP contribution is 2.58. The smallest absolute Gasteiger partial charge is 0.227 e. The number of ether oxygens (including phenoxy) is 1. The summed E-state index contributed by atoms with van der Waals surface area (Å²) in [5, 5.41) is 9.28. The minimum absolute atomic E-state index is 0.173. The lowest BCUT2D eigenvalue weighted by atomic mass is 9.52. The summed E-state index contributed by atoms with van der Waals surface area (Å²) in [6.45, 7) is 2.34. The fourth-order valence-electron chi connectivity index (χ4n) is 8.24. The van der Waals surface area contributed by atoms with Gasteiger partial charge in [0.05, 0.1) is 11.4 Å². The fourth-order valence-corrected chi connectivity index (χ4v) is 8.24. The number of benzene rings is 1. The molecule has 2 aromatic heterocycles. The molecule has 1 aromatic carbocycles. The number of carbonyl (C=O) groups is 1. The van der Waals surface area contributed by atoms with Crippen LogP contribution in [-0.2, 0) is 22.0 Å². The Morgan fingerprint density at radius 3 is 2.36 bits per heavy atom. The molecule has 1 amide bonds. The lowest BCUT2D eigenvalue weighted by Gasteiger charge is -2.54. The van der Waals surface area contributed by atoms with Gasteiger partial charge >= 0.3 is 0 Å². The highest BCUT2D eigenvalue weighted by atomic mass is 16.5. The second kappa shape index (κ2) is 10.4. The van der Waals surface area contributed by atoms with Crippen molar-refractivity contribution in [3.8, 4) is 11.3 Å². The maximum absolute atomic E-state index is 14.1. The van der Waals surface area contributed by atoms with E-state index < -0.39 is 0 Å². The van der Waals surface area contributed by atoms with E-state index in [1.807, 2.05) is 0 Å². The van der Waals surface area contributed by atoms with Crippen LogP contribution in [0.4, 0.5) is 5.69 Å². The summed E-state index contributed by atoms with van der Waals surface area (Å²) < 4.78 is 13.6. The number of nitrogens with zero attached hydrogens (tertiary/aromatic N) is 4. The van der Waals surface area contributed by atoms with Gasteiger partial charge < -0.3 is 14.2 Å². The van der Waals surface area contributed by atoms with E-state index in [9.17, 15) is 4.79 Å². The summed E-state index contributed by atoms with van der Waals surface area (Å²) in [4.78, 5) is 16.3. The summed E-state index contributed by atoms with van der Waals surface area (Å²) in [5.41, 5.74) is 6.24. The van der Waals surface area contributed by atoms with Gasteiger partial charge in [-0.15, -0.1) is 0 Å². The average Bonchev–Trinajstić information content (AvgIpc) is 3.97. The van der Waals surface area contributed by atoms with Gasteiger partial charge in [-0.3, -0.25) is 9.48 Å². The number of fused-ring (bicyclic) bond motifs is 3. The molecule has 1 saturated heterocycles. The van der Waals surface area contributed by atoms with E-state index in [1.54, 1.807) is 0 Å². The van der Waals surface area contributed by atoms with E-state index in [4.69, 9.17) is 14.4 Å². The zero-order valence-electron chi connectivity index (χ0n) is 25.0. The number of aryl methyl sites for hydroxylation is 1. The van der Waals surface area contributed by atoms with Crippen molar-refractivity contribution in [2.75, 3.05) is 24.7 Å². The van der Waals surface area contributed by atoms with Crippen molar-refractivity contribution in [2.24, 2.45) is 18.4 Å². The van der Waals surface area contributed by atoms with Crippen LogP contribution in [0, 0.1) is 11.3 Å². The Bertz CT molecular complexity index is 1430. The van der Waals surface area contributed by atoms with E-state index in [0.29, 0.717) is 24.2 Å². The Hall–Kier alpha value is -2.93. The van der Waals surface area contributed by atoms with Crippen LogP contribution in [0.1, 0.15) is 112 Å². The van der Waals surface area contributed by atoms with Crippen LogP contribution in [0.25, 0.3) is 11.3 Å². The van der Waals surface area contributed by atoms with Crippen molar-refractivity contribution in [1.82, 2.24) is 14.9 Å². The molecule has 42 heavy (non-hydrogen) atoms. The highest BCUT2D eigenvalue weighted by Gasteiger charge is 2.51. The predicted octanol–water partition coefficient (Wildman–Crippen LogP) is 7.27. The maximum Gasteiger partial charge on any atom is 0.227 e. The first-order chi connectivity index (χ1) is 20.5. The SMILES string of the molecule is Cn1nc(C2CC2)cc1C12CCC(CN(C(=O)CC3CCOCC3)c3cccc(-c4cc(C5CC5)no4)c3)(CC1)CC2. The van der Waals surface area contributed by atoms with Crippen molar-refractivity contribution in [1.29, 1.82) is 0 Å². The molecule has 0 atom stereocenters. The second-order valence-corrected chi connectivity index (χ2v) is 14.3. The normalized spacial score (nSPS) is 27.8. The lowest BCUT2D eigenvalue weighted by molar-refractivity contribution is -0.120. The molecule has 5 aliphatic carbocycles. The monoisotopic (exact) mass is 568 g/mol. The largest absolute Gasteiger partial charge is 0.381 e. The molecular formula is C35H44N4O3. The Balaban J connectivity index is 1.05. The molecule has 0 spiro atoms. The van der Waals surface area contributed by atoms with Gasteiger partial charge in [-0.05, 0) is 107 Å². The highest BCUT2D eigenvalue weighted by molar-refractivity contribution is 5.94. The average molecular weight is 569 g/mol. The molecule has 7 heteroatoms. The van der Waals surface area contributed by atoms with Crippen LogP contribution in [0.3, 0.4) is 0 Å². The Morgan fingerprint density at radius 1 is 0.929 bits per heavy atom. The van der Waals surface area contributed by atoms with Crippen LogP contribution in [0.5, 0.6) is 0 Å². The van der Waals surface area contributed by atoms with Crippen molar-refractivity contribution in [3.63, 3.8) is 0 Å². The molecule has 5 saturated carbocycles. The molecule has 7 nitrogen and oxygen atoms in total. The van der Waals surface area contributed by atoms with Crippen molar-refractivity contribution in [3.05, 3.63) is 53.5 Å². The molecule has 0 radical (unpaired) electrons. The van der Waals surface area contributed by atoms with Crippen molar-refractivity contribution in [2.45, 2.75) is 101 Å². The molecular weight excluding hydrogens is 524 g/mol. The van der Waals surface area contributed by atoms with E-state index in [1.165, 1.54) is 75.6 Å². The maximum atomic E-state index is 14.1. The van der Waals surface area contributed by atoms with E-state index in [-0.39, 0.29) is 16.7 Å². The third-order valence-corrected chi connectivity index (χ3v) is 11.4. The predicted molar refractivity (Wildman–Crippen MR) is 161 cm³/mol. The number of hydrogen-bond donors (Lipinski definition) is 0. The van der Waals surface area contributed by atoms with Gasteiger partial charge in [0.1, 0.15) is 0 Å². The number of anilines is 1. The third-order valence-electron chi connectivity index (χ3n) is 11.4. The summed E-state index contributed by atoms with van der Waals surface area (Å²) in [6, 6.07) is 13.0. The van der Waals surface area contributed by atoms with Crippen LogP contribution < -0.4 is 4.90 Å². The lowest BCUT2D eigenvalue weighted by Crippen LogP contribution is -2.51. The molecule has 2 bridgehead atoms. The minimum atomic E-state index is 0.173. The topological polar surface area (TPSA) is 73.4 Å². The zero-order valence-corrected chi connectivity index (χ0v) is 25.0. The van der Waals surface area contributed by atoms with Crippen molar-refractivity contribution < 1.29 is 14.1 Å². The summed E-state index contributed by atoms with van der Waals surface area (Å²) in [5.74, 6) is 2.71. The van der Waals surface area contributed by atoms with Crippen LogP contribution in [-0.4, -0.2) is 40.6 Å². The Kier molecular flexibility index (Phi) is 6.58. The minimum Gasteiger partial charge on any atom is -0.381 e. The first-order valence-electron chi connectivity index (χ1n) is 16.5. The number of aromatic nitrogens is 3. The van der Waals surface area contributed by atoms with E-state index in [2.05, 4.69) is 58.2 Å². The van der Waals surface area contributed by atoms with Gasteiger partial charge in [0.2, 0.25) is 5.91 Å².